The number of hydrogen-bond donors (Lipinski definition) is 1. The Labute approximate surface area is 120 Å². The molecule has 1 atom stereocenters. The Morgan fingerprint density at radius 3 is 3.00 bits per heavy atom. The van der Waals surface area contributed by atoms with Crippen molar-refractivity contribution in [1.29, 1.82) is 0 Å². The zero-order valence-electron chi connectivity index (χ0n) is 12.5. The van der Waals surface area contributed by atoms with E-state index in [9.17, 15) is 0 Å². The molecule has 3 heterocycles. The van der Waals surface area contributed by atoms with E-state index in [1.807, 2.05) is 16.9 Å². The number of rotatable bonds is 3. The molecular formula is C15H23N5. The fraction of sp³-hybridized carbons (Fsp3) is 0.600. The summed E-state index contributed by atoms with van der Waals surface area (Å²) in [4.78, 5) is 6.89. The largest absolute Gasteiger partial charge is 0.354 e. The molecule has 1 unspecified atom stereocenters. The van der Waals surface area contributed by atoms with Crippen molar-refractivity contribution in [3.63, 3.8) is 0 Å². The van der Waals surface area contributed by atoms with Crippen LogP contribution >= 0.6 is 0 Å². The van der Waals surface area contributed by atoms with Crippen LogP contribution in [0.3, 0.4) is 0 Å². The lowest BCUT2D eigenvalue weighted by Crippen LogP contribution is -2.44. The fourth-order valence-electron chi connectivity index (χ4n) is 2.82. The van der Waals surface area contributed by atoms with E-state index in [-0.39, 0.29) is 0 Å². The van der Waals surface area contributed by atoms with Crippen molar-refractivity contribution >= 4 is 11.3 Å². The molecule has 5 nitrogen and oxygen atoms in total. The van der Waals surface area contributed by atoms with E-state index in [2.05, 4.69) is 47.3 Å². The van der Waals surface area contributed by atoms with Gasteiger partial charge in [0.2, 0.25) is 0 Å². The van der Waals surface area contributed by atoms with Gasteiger partial charge in [-0.2, -0.15) is 5.10 Å². The van der Waals surface area contributed by atoms with Gasteiger partial charge in [-0.05, 0) is 31.4 Å². The first-order valence-corrected chi connectivity index (χ1v) is 7.44. The minimum atomic E-state index is 0.435. The number of aromatic nitrogens is 3. The van der Waals surface area contributed by atoms with Crippen LogP contribution in [0.4, 0.5) is 5.82 Å². The average molecular weight is 273 g/mol. The number of fused-ring (bicyclic) bond motifs is 1. The van der Waals surface area contributed by atoms with Gasteiger partial charge in [0, 0.05) is 32.0 Å². The fourth-order valence-corrected chi connectivity index (χ4v) is 2.82. The van der Waals surface area contributed by atoms with Crippen LogP contribution in [0.5, 0.6) is 0 Å². The van der Waals surface area contributed by atoms with Crippen molar-refractivity contribution in [3.8, 4) is 0 Å². The number of likely N-dealkylation sites (N-methyl/N-ethyl adjacent to an activating group) is 1. The highest BCUT2D eigenvalue weighted by Crippen LogP contribution is 2.24. The van der Waals surface area contributed by atoms with Crippen LogP contribution in [0.2, 0.25) is 0 Å². The van der Waals surface area contributed by atoms with E-state index in [0.717, 1.165) is 30.1 Å². The average Bonchev–Trinajstić information content (AvgIpc) is 2.91. The lowest BCUT2D eigenvalue weighted by molar-refractivity contribution is 0.443. The van der Waals surface area contributed by atoms with Crippen molar-refractivity contribution in [2.24, 2.45) is 0 Å². The van der Waals surface area contributed by atoms with Crippen molar-refractivity contribution in [1.82, 2.24) is 19.9 Å². The molecule has 20 heavy (non-hydrogen) atoms. The SMILES string of the molecule is CC(C)c1cc2c(N(C)C3CCCNC3)nccn2n1. The molecule has 0 radical (unpaired) electrons. The summed E-state index contributed by atoms with van der Waals surface area (Å²) in [6.07, 6.45) is 6.22. The van der Waals surface area contributed by atoms with Crippen LogP contribution in [-0.2, 0) is 0 Å². The van der Waals surface area contributed by atoms with Gasteiger partial charge < -0.3 is 10.2 Å². The molecular weight excluding hydrogens is 250 g/mol. The topological polar surface area (TPSA) is 45.5 Å². The molecule has 108 valence electrons. The Bertz CT molecular complexity index is 583. The molecule has 0 amide bonds. The van der Waals surface area contributed by atoms with E-state index in [1.54, 1.807) is 0 Å². The monoisotopic (exact) mass is 273 g/mol. The second kappa shape index (κ2) is 5.40. The Morgan fingerprint density at radius 1 is 1.45 bits per heavy atom. The molecule has 0 spiro atoms. The maximum Gasteiger partial charge on any atom is 0.154 e. The Kier molecular flexibility index (Phi) is 3.61. The third kappa shape index (κ3) is 2.38. The highest BCUT2D eigenvalue weighted by atomic mass is 15.3. The number of hydrogen-bond acceptors (Lipinski definition) is 4. The minimum Gasteiger partial charge on any atom is -0.354 e. The highest BCUT2D eigenvalue weighted by molar-refractivity contribution is 5.69. The molecule has 0 bridgehead atoms. The summed E-state index contributed by atoms with van der Waals surface area (Å²) in [6.45, 7) is 6.50. The zero-order valence-corrected chi connectivity index (χ0v) is 12.5. The summed E-state index contributed by atoms with van der Waals surface area (Å²) < 4.78 is 1.95. The van der Waals surface area contributed by atoms with Gasteiger partial charge in [-0.1, -0.05) is 13.8 Å². The third-order valence-corrected chi connectivity index (χ3v) is 4.13. The quantitative estimate of drug-likeness (QED) is 0.929. The second-order valence-electron chi connectivity index (χ2n) is 5.92. The Hall–Kier alpha value is -1.62. The summed E-state index contributed by atoms with van der Waals surface area (Å²) >= 11 is 0. The first kappa shape index (κ1) is 13.4. The predicted molar refractivity (Wildman–Crippen MR) is 81.4 cm³/mol. The molecule has 2 aromatic rings. The molecule has 3 rings (SSSR count). The third-order valence-electron chi connectivity index (χ3n) is 4.13. The summed E-state index contributed by atoms with van der Waals surface area (Å²) in [7, 11) is 2.14. The van der Waals surface area contributed by atoms with Crippen LogP contribution < -0.4 is 10.2 Å². The van der Waals surface area contributed by atoms with Crippen molar-refractivity contribution in [3.05, 3.63) is 24.2 Å². The van der Waals surface area contributed by atoms with Gasteiger partial charge in [0.1, 0.15) is 5.52 Å². The van der Waals surface area contributed by atoms with Gasteiger partial charge in [-0.15, -0.1) is 0 Å². The molecule has 1 fully saturated rings. The number of nitrogens with one attached hydrogen (secondary N) is 1. The van der Waals surface area contributed by atoms with Gasteiger partial charge in [-0.25, -0.2) is 9.50 Å². The van der Waals surface area contributed by atoms with E-state index < -0.39 is 0 Å². The highest BCUT2D eigenvalue weighted by Gasteiger charge is 2.21. The number of anilines is 1. The minimum absolute atomic E-state index is 0.435. The first-order chi connectivity index (χ1) is 9.66. The van der Waals surface area contributed by atoms with Gasteiger partial charge in [0.25, 0.3) is 0 Å². The molecule has 1 aliphatic heterocycles. The smallest absolute Gasteiger partial charge is 0.154 e. The maximum absolute atomic E-state index is 4.63. The Balaban J connectivity index is 1.97. The summed E-state index contributed by atoms with van der Waals surface area (Å²) in [5.41, 5.74) is 2.22. The van der Waals surface area contributed by atoms with Crippen molar-refractivity contribution in [2.45, 2.75) is 38.6 Å². The molecule has 1 saturated heterocycles. The molecule has 0 aliphatic carbocycles. The summed E-state index contributed by atoms with van der Waals surface area (Å²) in [6, 6.07) is 2.68. The predicted octanol–water partition coefficient (Wildman–Crippen LogP) is 2.04. The van der Waals surface area contributed by atoms with E-state index in [4.69, 9.17) is 0 Å². The van der Waals surface area contributed by atoms with Crippen LogP contribution in [0.25, 0.3) is 5.52 Å². The normalized spacial score (nSPS) is 19.7. The maximum atomic E-state index is 4.63. The van der Waals surface area contributed by atoms with Crippen LogP contribution in [0.1, 0.15) is 38.3 Å². The molecule has 1 N–H and O–H groups in total. The van der Waals surface area contributed by atoms with Crippen LogP contribution in [-0.4, -0.2) is 40.8 Å². The standard InChI is InChI=1S/C15H23N5/c1-11(2)13-9-14-15(17-7-8-20(14)18-13)19(3)12-5-4-6-16-10-12/h7-9,11-12,16H,4-6,10H2,1-3H3. The zero-order chi connectivity index (χ0) is 14.1. The summed E-state index contributed by atoms with van der Waals surface area (Å²) in [5, 5.41) is 8.10. The molecule has 0 saturated carbocycles. The van der Waals surface area contributed by atoms with Gasteiger partial charge >= 0.3 is 0 Å². The van der Waals surface area contributed by atoms with Gasteiger partial charge in [0.05, 0.1) is 5.69 Å². The number of piperidine rings is 1. The molecule has 1 aliphatic rings. The lowest BCUT2D eigenvalue weighted by Gasteiger charge is -2.32. The molecule has 5 heteroatoms. The number of nitrogens with zero attached hydrogens (tertiary/aromatic N) is 4. The van der Waals surface area contributed by atoms with Crippen molar-refractivity contribution in [2.75, 3.05) is 25.0 Å². The second-order valence-corrected chi connectivity index (χ2v) is 5.92. The first-order valence-electron chi connectivity index (χ1n) is 7.44. The molecule has 0 aromatic carbocycles. The van der Waals surface area contributed by atoms with Crippen LogP contribution in [0.15, 0.2) is 18.5 Å². The molecule has 2 aromatic heterocycles. The van der Waals surface area contributed by atoms with Gasteiger partial charge in [0.15, 0.2) is 5.82 Å². The Morgan fingerprint density at radius 2 is 2.30 bits per heavy atom. The van der Waals surface area contributed by atoms with Crippen molar-refractivity contribution < 1.29 is 0 Å². The van der Waals surface area contributed by atoms with E-state index in [0.29, 0.717) is 12.0 Å². The summed E-state index contributed by atoms with van der Waals surface area (Å²) in [5.74, 6) is 1.46. The van der Waals surface area contributed by atoms with Gasteiger partial charge in [-0.3, -0.25) is 0 Å². The van der Waals surface area contributed by atoms with E-state index >= 15 is 0 Å². The lowest BCUT2D eigenvalue weighted by atomic mass is 10.1. The van der Waals surface area contributed by atoms with Crippen LogP contribution in [0, 0.1) is 0 Å². The van der Waals surface area contributed by atoms with E-state index in [1.165, 1.54) is 12.8 Å².